The predicted octanol–water partition coefficient (Wildman–Crippen LogP) is 1.80. The van der Waals surface area contributed by atoms with E-state index in [1.807, 2.05) is 0 Å². The van der Waals surface area contributed by atoms with Gasteiger partial charge in [-0.2, -0.15) is 0 Å². The maximum absolute atomic E-state index is 11.1. The number of hydrogen-bond donors (Lipinski definition) is 2. The van der Waals surface area contributed by atoms with Gasteiger partial charge in [0.25, 0.3) is 0 Å². The Kier molecular flexibility index (Phi) is 4.46. The van der Waals surface area contributed by atoms with Gasteiger partial charge in [-0.3, -0.25) is 9.59 Å². The molecule has 0 fully saturated rings. The van der Waals surface area contributed by atoms with E-state index in [1.54, 1.807) is 24.3 Å². The number of carbonyl (C=O) groups excluding carboxylic acids is 2. The third kappa shape index (κ3) is 3.64. The molecule has 5 heteroatoms. The minimum atomic E-state index is -0.823. The number of benzene rings is 1. The molecule has 0 unspecified atom stereocenters. The molecular weight excluding hydrogens is 228 g/mol. The lowest BCUT2D eigenvalue weighted by atomic mass is 10.1. The molecule has 1 aromatic carbocycles. The Morgan fingerprint density at radius 1 is 1.12 bits per heavy atom. The van der Waals surface area contributed by atoms with Crippen molar-refractivity contribution < 1.29 is 9.59 Å². The number of hydrazine groups is 1. The normalized spacial score (nSPS) is 10.2. The number of hydrogen-bond acceptors (Lipinski definition) is 4. The summed E-state index contributed by atoms with van der Waals surface area (Å²) in [5.74, 6) is -0.456. The van der Waals surface area contributed by atoms with Crippen molar-refractivity contribution in [3.63, 3.8) is 0 Å². The Labute approximate surface area is 99.0 Å². The van der Waals surface area contributed by atoms with Gasteiger partial charge in [0.1, 0.15) is 6.04 Å². The molecule has 0 saturated heterocycles. The molecule has 0 aliphatic rings. The highest BCUT2D eigenvalue weighted by molar-refractivity contribution is 6.30. The van der Waals surface area contributed by atoms with Crippen molar-refractivity contribution in [3.05, 3.63) is 29.3 Å². The van der Waals surface area contributed by atoms with Crippen LogP contribution < -0.4 is 10.9 Å². The van der Waals surface area contributed by atoms with E-state index in [0.717, 1.165) is 5.69 Å². The van der Waals surface area contributed by atoms with Crippen molar-refractivity contribution in [2.75, 3.05) is 5.43 Å². The summed E-state index contributed by atoms with van der Waals surface area (Å²) in [4.78, 5) is 22.2. The van der Waals surface area contributed by atoms with Crippen molar-refractivity contribution in [1.82, 2.24) is 5.43 Å². The predicted molar refractivity (Wildman–Crippen MR) is 63.4 cm³/mol. The van der Waals surface area contributed by atoms with Gasteiger partial charge in [0.05, 0.1) is 0 Å². The Bertz CT molecular complexity index is 375. The molecule has 0 bridgehead atoms. The first-order valence-corrected chi connectivity index (χ1v) is 5.16. The fourth-order valence-electron chi connectivity index (χ4n) is 1.18. The van der Waals surface area contributed by atoms with Crippen LogP contribution in [-0.2, 0) is 9.59 Å². The summed E-state index contributed by atoms with van der Waals surface area (Å²) in [5, 5.41) is 0.625. The van der Waals surface area contributed by atoms with Gasteiger partial charge in [-0.25, -0.2) is 5.43 Å². The molecule has 0 radical (unpaired) electrons. The van der Waals surface area contributed by atoms with E-state index in [0.29, 0.717) is 5.02 Å². The van der Waals surface area contributed by atoms with Crippen LogP contribution in [0.25, 0.3) is 0 Å². The first-order valence-electron chi connectivity index (χ1n) is 4.78. The van der Waals surface area contributed by atoms with Gasteiger partial charge < -0.3 is 5.43 Å². The number of halogens is 1. The molecule has 1 aromatic rings. The monoisotopic (exact) mass is 240 g/mol. The second-order valence-corrected chi connectivity index (χ2v) is 3.87. The molecule has 0 aliphatic heterocycles. The molecule has 0 spiro atoms. The molecule has 1 rings (SSSR count). The first-order chi connectivity index (χ1) is 7.50. The molecule has 0 saturated carbocycles. The van der Waals surface area contributed by atoms with Crippen molar-refractivity contribution in [2.45, 2.75) is 19.9 Å². The lowest BCUT2D eigenvalue weighted by molar-refractivity contribution is -0.127. The van der Waals surface area contributed by atoms with Crippen LogP contribution in [0.1, 0.15) is 13.8 Å². The van der Waals surface area contributed by atoms with Gasteiger partial charge in [-0.1, -0.05) is 11.6 Å². The highest BCUT2D eigenvalue weighted by atomic mass is 35.5. The zero-order valence-corrected chi connectivity index (χ0v) is 9.84. The largest absolute Gasteiger partial charge is 0.320 e. The van der Waals surface area contributed by atoms with E-state index in [4.69, 9.17) is 11.6 Å². The van der Waals surface area contributed by atoms with E-state index < -0.39 is 6.04 Å². The van der Waals surface area contributed by atoms with Gasteiger partial charge in [-0.05, 0) is 38.1 Å². The molecule has 16 heavy (non-hydrogen) atoms. The number of rotatable bonds is 5. The van der Waals surface area contributed by atoms with Crippen LogP contribution in [-0.4, -0.2) is 17.6 Å². The Morgan fingerprint density at radius 3 is 2.06 bits per heavy atom. The molecule has 2 N–H and O–H groups in total. The van der Waals surface area contributed by atoms with Gasteiger partial charge in [-0.15, -0.1) is 0 Å². The van der Waals surface area contributed by atoms with E-state index in [1.165, 1.54) is 13.8 Å². The first kappa shape index (κ1) is 12.7. The van der Waals surface area contributed by atoms with Crippen molar-refractivity contribution in [3.8, 4) is 0 Å². The van der Waals surface area contributed by atoms with Crippen molar-refractivity contribution >= 4 is 28.9 Å². The van der Waals surface area contributed by atoms with Gasteiger partial charge in [0.2, 0.25) is 0 Å². The number of Topliss-reactive ketones (excluding diaryl/α,β-unsaturated/α-hetero) is 2. The number of carbonyl (C=O) groups is 2. The smallest absolute Gasteiger partial charge is 0.156 e. The summed E-state index contributed by atoms with van der Waals surface area (Å²) in [7, 11) is 0. The average molecular weight is 241 g/mol. The summed E-state index contributed by atoms with van der Waals surface area (Å²) < 4.78 is 0. The van der Waals surface area contributed by atoms with Crippen LogP contribution >= 0.6 is 11.6 Å². The Hall–Kier alpha value is -1.39. The second-order valence-electron chi connectivity index (χ2n) is 3.43. The van der Waals surface area contributed by atoms with E-state index in [9.17, 15) is 9.59 Å². The van der Waals surface area contributed by atoms with E-state index in [2.05, 4.69) is 10.9 Å². The standard InChI is InChI=1S/C11H13ClN2O2/c1-7(15)11(8(2)16)14-13-10-5-3-9(12)4-6-10/h3-6,11,13-14H,1-2H3. The summed E-state index contributed by atoms with van der Waals surface area (Å²) in [6.07, 6.45) is 0. The maximum Gasteiger partial charge on any atom is 0.156 e. The summed E-state index contributed by atoms with van der Waals surface area (Å²) >= 11 is 5.72. The lowest BCUT2D eigenvalue weighted by Crippen LogP contribution is -2.44. The molecule has 0 aromatic heterocycles. The van der Waals surface area contributed by atoms with Crippen LogP contribution in [0, 0.1) is 0 Å². The van der Waals surface area contributed by atoms with Crippen LogP contribution in [0.2, 0.25) is 5.02 Å². The zero-order chi connectivity index (χ0) is 12.1. The molecule has 0 heterocycles. The summed E-state index contributed by atoms with van der Waals surface area (Å²) in [6.45, 7) is 2.73. The lowest BCUT2D eigenvalue weighted by Gasteiger charge is -2.14. The van der Waals surface area contributed by atoms with E-state index >= 15 is 0 Å². The second kappa shape index (κ2) is 5.63. The zero-order valence-electron chi connectivity index (χ0n) is 9.08. The molecule has 0 amide bonds. The van der Waals surface area contributed by atoms with Crippen LogP contribution in [0.4, 0.5) is 5.69 Å². The summed E-state index contributed by atoms with van der Waals surface area (Å²) in [6, 6.07) is 6.08. The molecule has 0 aliphatic carbocycles. The maximum atomic E-state index is 11.1. The molecular formula is C11H13ClN2O2. The third-order valence-electron chi connectivity index (χ3n) is 2.02. The topological polar surface area (TPSA) is 58.2 Å². The Morgan fingerprint density at radius 2 is 1.62 bits per heavy atom. The van der Waals surface area contributed by atoms with Gasteiger partial charge in [0.15, 0.2) is 11.6 Å². The Balaban J connectivity index is 2.59. The number of ketones is 2. The third-order valence-corrected chi connectivity index (χ3v) is 2.27. The van der Waals surface area contributed by atoms with Crippen LogP contribution in [0.15, 0.2) is 24.3 Å². The fourth-order valence-corrected chi connectivity index (χ4v) is 1.30. The number of anilines is 1. The average Bonchev–Trinajstić information content (AvgIpc) is 2.20. The quantitative estimate of drug-likeness (QED) is 0.609. The van der Waals surface area contributed by atoms with Crippen molar-refractivity contribution in [1.29, 1.82) is 0 Å². The number of nitrogens with one attached hydrogen (secondary N) is 2. The van der Waals surface area contributed by atoms with Crippen LogP contribution in [0.3, 0.4) is 0 Å². The summed E-state index contributed by atoms with van der Waals surface area (Å²) in [5.41, 5.74) is 6.18. The highest BCUT2D eigenvalue weighted by Crippen LogP contribution is 2.12. The fraction of sp³-hybridized carbons (Fsp3) is 0.273. The minimum Gasteiger partial charge on any atom is -0.320 e. The van der Waals surface area contributed by atoms with Crippen molar-refractivity contribution in [2.24, 2.45) is 0 Å². The highest BCUT2D eigenvalue weighted by Gasteiger charge is 2.18. The molecule has 0 atom stereocenters. The molecule has 4 nitrogen and oxygen atoms in total. The SMILES string of the molecule is CC(=O)C(NNc1ccc(Cl)cc1)C(C)=O. The minimum absolute atomic E-state index is 0.228. The van der Waals surface area contributed by atoms with E-state index in [-0.39, 0.29) is 11.6 Å². The molecule has 86 valence electrons. The van der Waals surface area contributed by atoms with Crippen LogP contribution in [0.5, 0.6) is 0 Å². The van der Waals surface area contributed by atoms with Gasteiger partial charge >= 0.3 is 0 Å². The van der Waals surface area contributed by atoms with Gasteiger partial charge in [0, 0.05) is 10.7 Å².